The van der Waals surface area contributed by atoms with Crippen LogP contribution in [0.5, 0.6) is 0 Å². The van der Waals surface area contributed by atoms with Gasteiger partial charge < -0.3 is 45.7 Å². The summed E-state index contributed by atoms with van der Waals surface area (Å²) in [4.78, 5) is 33.6. The fraction of sp³-hybridized carbons (Fsp3) is 0.0833. The normalized spacial score (nSPS) is 21.8. The molecule has 0 bridgehead atoms. The van der Waals surface area contributed by atoms with Crippen molar-refractivity contribution in [2.45, 2.75) is 16.6 Å². The van der Waals surface area contributed by atoms with Crippen molar-refractivity contribution in [3.8, 4) is 0 Å². The Morgan fingerprint density at radius 2 is 0.692 bits per heavy atom. The van der Waals surface area contributed by atoms with Crippen LogP contribution in [0.25, 0.3) is 0 Å². The van der Waals surface area contributed by atoms with Gasteiger partial charge in [-0.1, -0.05) is 36.4 Å². The number of hydrogen-bond acceptors (Lipinski definition) is 9. The summed E-state index contributed by atoms with van der Waals surface area (Å²) < 4.78 is 79.2. The molecular weight excluding hydrogens is 877 g/mol. The van der Waals surface area contributed by atoms with Crippen molar-refractivity contribution < 1.29 is 76.2 Å². The predicted octanol–water partition coefficient (Wildman–Crippen LogP) is 1.75. The van der Waals surface area contributed by atoms with E-state index in [0.717, 1.165) is 36.4 Å². The molecule has 3 N–H and O–H groups in total. The van der Waals surface area contributed by atoms with Crippen LogP contribution in [-0.2, 0) is 51.1 Å². The van der Waals surface area contributed by atoms with E-state index in [9.17, 15) is 56.0 Å². The van der Waals surface area contributed by atoms with Crippen LogP contribution in [0.1, 0.15) is 16.7 Å². The van der Waals surface area contributed by atoms with Gasteiger partial charge in [-0.15, -0.1) is 0 Å². The zero-order valence-corrected chi connectivity index (χ0v) is 28.6. The molecule has 0 aromatic heterocycles. The average molecular weight is 901 g/mol. The quantitative estimate of drug-likeness (QED) is 0.314. The second kappa shape index (κ2) is 16.9. The molecule has 0 fully saturated rings. The Kier molecular flexibility index (Phi) is 13.2. The molecule has 0 saturated heterocycles. The van der Waals surface area contributed by atoms with Gasteiger partial charge in [0, 0.05) is 34.9 Å². The van der Waals surface area contributed by atoms with Crippen molar-refractivity contribution in [1.29, 1.82) is 0 Å². The molecule has 3 aliphatic rings. The van der Waals surface area contributed by atoms with Crippen molar-refractivity contribution in [2.75, 3.05) is 0 Å². The Bertz CT molecular complexity index is 1810. The summed E-state index contributed by atoms with van der Waals surface area (Å²) in [5.41, 5.74) is -5.98. The number of halogens is 6. The van der Waals surface area contributed by atoms with Gasteiger partial charge in [-0.05, 0) is 73.3 Å². The number of allylic oxidation sites excluding steroid dienone is 6. The third kappa shape index (κ3) is 8.36. The van der Waals surface area contributed by atoms with Gasteiger partial charge in [0.2, 0.25) is 0 Å². The second-order valence-electron chi connectivity index (χ2n) is 10.7. The first-order valence-corrected chi connectivity index (χ1v) is 14.6. The summed E-state index contributed by atoms with van der Waals surface area (Å²) >= 11 is 0. The molecule has 3 heterocycles. The van der Waals surface area contributed by atoms with Gasteiger partial charge in [-0.3, -0.25) is 0 Å². The monoisotopic (exact) mass is 901 g/mol. The van der Waals surface area contributed by atoms with Gasteiger partial charge in [-0.25, -0.2) is 26.3 Å². The van der Waals surface area contributed by atoms with Crippen LogP contribution in [0.3, 0.4) is 0 Å². The summed E-state index contributed by atoms with van der Waals surface area (Å²) in [6.45, 7) is 0. The van der Waals surface area contributed by atoms with Crippen molar-refractivity contribution >= 4 is 17.9 Å². The van der Waals surface area contributed by atoms with Crippen molar-refractivity contribution in [1.82, 2.24) is 16.0 Å². The van der Waals surface area contributed by atoms with Gasteiger partial charge in [0.05, 0.1) is 17.9 Å². The van der Waals surface area contributed by atoms with Crippen LogP contribution in [-0.4, -0.2) is 17.9 Å². The molecule has 0 amide bonds. The minimum Gasteiger partial charge on any atom is -0.547 e. The summed E-state index contributed by atoms with van der Waals surface area (Å²) in [6, 6.07) is 8.13. The third-order valence-corrected chi connectivity index (χ3v) is 7.63. The van der Waals surface area contributed by atoms with E-state index in [4.69, 9.17) is 0 Å². The molecule has 6 rings (SSSR count). The zero-order valence-electron chi connectivity index (χ0n) is 26.2. The summed E-state index contributed by atoms with van der Waals surface area (Å²) in [5.74, 6) is -9.67. The molecule has 16 heteroatoms. The Hall–Kier alpha value is -5.86. The zero-order chi connectivity index (χ0) is 37.4. The minimum atomic E-state index is -1.80. The molecule has 9 nitrogen and oxygen atoms in total. The number of carbonyl (C=O) groups is 3. The number of carboxylic acid groups (broad SMARTS) is 3. The predicted molar refractivity (Wildman–Crippen MR) is 163 cm³/mol. The van der Waals surface area contributed by atoms with Gasteiger partial charge in [-0.2, -0.15) is 0 Å². The van der Waals surface area contributed by atoms with E-state index >= 15 is 0 Å². The SMILES string of the molecule is O=C([O-])C1(c2ccc(F)cc2F)C=CC=CN1.O=C([O-])C1(c2ccc(F)cc2F)C=CC=CN1.O=C([O-])C1(c2ccc(F)cc2F)C=CC=CN1.[Ir+3]. The van der Waals surface area contributed by atoms with E-state index in [-0.39, 0.29) is 36.8 Å². The number of aliphatic carboxylic acids is 3. The fourth-order valence-corrected chi connectivity index (χ4v) is 5.09. The number of rotatable bonds is 6. The Labute approximate surface area is 305 Å². The van der Waals surface area contributed by atoms with E-state index < -0.39 is 69.4 Å². The smallest absolute Gasteiger partial charge is 0.547 e. The summed E-state index contributed by atoms with van der Waals surface area (Å²) in [5, 5.41) is 41.1. The number of nitrogens with one attached hydrogen (secondary N) is 3. The van der Waals surface area contributed by atoms with E-state index in [2.05, 4.69) is 16.0 Å². The Morgan fingerprint density at radius 1 is 0.442 bits per heavy atom. The largest absolute Gasteiger partial charge is 3.00 e. The summed E-state index contributed by atoms with van der Waals surface area (Å²) in [7, 11) is 0. The molecule has 3 aromatic rings. The molecular formula is C36H24F6IrN3O6. The van der Waals surface area contributed by atoms with Crippen LogP contribution in [0.2, 0.25) is 0 Å². The third-order valence-electron chi connectivity index (χ3n) is 7.63. The van der Waals surface area contributed by atoms with Crippen LogP contribution in [0.15, 0.2) is 128 Å². The molecule has 0 radical (unpaired) electrons. The van der Waals surface area contributed by atoms with Crippen LogP contribution >= 0.6 is 0 Å². The van der Waals surface area contributed by atoms with E-state index in [1.165, 1.54) is 55.1 Å². The van der Waals surface area contributed by atoms with Crippen LogP contribution < -0.4 is 31.3 Å². The second-order valence-corrected chi connectivity index (χ2v) is 10.7. The van der Waals surface area contributed by atoms with E-state index in [1.807, 2.05) is 0 Å². The van der Waals surface area contributed by atoms with Crippen molar-refractivity contribution in [2.24, 2.45) is 0 Å². The first kappa shape index (κ1) is 40.6. The van der Waals surface area contributed by atoms with Crippen LogP contribution in [0.4, 0.5) is 26.3 Å². The number of carbonyl (C=O) groups excluding carboxylic acids is 3. The van der Waals surface area contributed by atoms with E-state index in [0.29, 0.717) is 18.2 Å². The maximum absolute atomic E-state index is 13.6. The first-order valence-electron chi connectivity index (χ1n) is 14.6. The molecule has 270 valence electrons. The molecule has 3 unspecified atom stereocenters. The topological polar surface area (TPSA) is 156 Å². The Morgan fingerprint density at radius 3 is 0.865 bits per heavy atom. The molecule has 3 atom stereocenters. The molecule has 0 aliphatic carbocycles. The Balaban J connectivity index is 0.000000208. The summed E-state index contributed by atoms with van der Waals surface area (Å²) in [6.07, 6.45) is 16.9. The maximum atomic E-state index is 13.6. The van der Waals surface area contributed by atoms with Gasteiger partial charge >= 0.3 is 20.1 Å². The van der Waals surface area contributed by atoms with Crippen molar-refractivity contribution in [3.05, 3.63) is 179 Å². The number of benzene rings is 3. The van der Waals surface area contributed by atoms with Gasteiger partial charge in [0.1, 0.15) is 51.5 Å². The molecule has 52 heavy (non-hydrogen) atoms. The average Bonchev–Trinajstić information content (AvgIpc) is 3.09. The van der Waals surface area contributed by atoms with Crippen LogP contribution in [0, 0.1) is 34.9 Å². The fourth-order valence-electron chi connectivity index (χ4n) is 5.09. The first-order chi connectivity index (χ1) is 24.2. The minimum absolute atomic E-state index is 0. The van der Waals surface area contributed by atoms with Gasteiger partial charge in [0.15, 0.2) is 0 Å². The van der Waals surface area contributed by atoms with E-state index in [1.54, 1.807) is 18.2 Å². The molecule has 0 spiro atoms. The maximum Gasteiger partial charge on any atom is 3.00 e. The standard InChI is InChI=1S/3C12H9F2NO2.Ir/c3*13-8-3-4-9(10(14)7-8)12(11(16)17)5-1-2-6-15-12;/h3*1-7,15H,(H,16,17);/q;;;+3/p-3. The molecule has 3 aromatic carbocycles. The van der Waals surface area contributed by atoms with Crippen molar-refractivity contribution in [3.63, 3.8) is 0 Å². The molecule has 3 aliphatic heterocycles. The van der Waals surface area contributed by atoms with Gasteiger partial charge in [0.25, 0.3) is 0 Å². The number of dihydropyridines is 3. The number of hydrogen-bond donors (Lipinski definition) is 3. The number of carboxylic acids is 3. The molecule has 0 saturated carbocycles.